The molecular weight excluding hydrogens is 338 g/mol. The van der Waals surface area contributed by atoms with E-state index in [0.717, 1.165) is 25.3 Å². The summed E-state index contributed by atoms with van der Waals surface area (Å²) in [4.78, 5) is 21.6. The Morgan fingerprint density at radius 1 is 1.00 bits per heavy atom. The lowest BCUT2D eigenvalue weighted by Crippen LogP contribution is -2.39. The summed E-state index contributed by atoms with van der Waals surface area (Å²) in [5.74, 6) is -2.77. The van der Waals surface area contributed by atoms with E-state index in [1.165, 1.54) is 0 Å². The summed E-state index contributed by atoms with van der Waals surface area (Å²) >= 11 is 0. The lowest BCUT2D eigenvalue weighted by Gasteiger charge is -2.11. The van der Waals surface area contributed by atoms with Crippen molar-refractivity contribution in [1.82, 2.24) is 0 Å². The van der Waals surface area contributed by atoms with E-state index in [2.05, 4.69) is 11.3 Å². The van der Waals surface area contributed by atoms with Crippen LogP contribution in [-0.2, 0) is 29.2 Å². The number of hydrogen-bond donors (Lipinski definition) is 1. The summed E-state index contributed by atoms with van der Waals surface area (Å²) in [6, 6.07) is 0. The van der Waals surface area contributed by atoms with Crippen molar-refractivity contribution in [2.75, 3.05) is 13.2 Å². The van der Waals surface area contributed by atoms with Crippen LogP contribution in [0.1, 0.15) is 38.5 Å². The van der Waals surface area contributed by atoms with Crippen LogP contribution in [0.25, 0.3) is 0 Å². The molecule has 0 aliphatic carbocycles. The average Bonchev–Trinajstić information content (AvgIpc) is 2.47. The quantitative estimate of drug-likeness (QED) is 0.246. The molecule has 1 N–H and O–H groups in total. The van der Waals surface area contributed by atoms with Gasteiger partial charge in [-0.15, -0.1) is 0 Å². The van der Waals surface area contributed by atoms with Crippen molar-refractivity contribution in [2.45, 2.75) is 43.8 Å². The van der Waals surface area contributed by atoms with Gasteiger partial charge in [-0.2, -0.15) is 17.2 Å². The number of esters is 2. The van der Waals surface area contributed by atoms with Crippen LogP contribution >= 0.6 is 0 Å². The van der Waals surface area contributed by atoms with Crippen LogP contribution in [0.3, 0.4) is 0 Å². The van der Waals surface area contributed by atoms with Gasteiger partial charge in [0.1, 0.15) is 0 Å². The number of rotatable bonds is 12. The zero-order chi connectivity index (χ0) is 17.9. The Morgan fingerprint density at radius 2 is 1.43 bits per heavy atom. The van der Waals surface area contributed by atoms with Gasteiger partial charge in [-0.05, 0) is 12.8 Å². The summed E-state index contributed by atoms with van der Waals surface area (Å²) < 4.78 is 63.3. The SMILES string of the molecule is C=CC(=O)OCCCCCCCCOC(=O)C(F)(F)S(=O)(=O)O. The van der Waals surface area contributed by atoms with E-state index in [0.29, 0.717) is 25.9 Å². The van der Waals surface area contributed by atoms with Gasteiger partial charge in [0, 0.05) is 6.08 Å². The van der Waals surface area contributed by atoms with E-state index >= 15 is 0 Å². The highest BCUT2D eigenvalue weighted by atomic mass is 32.2. The second kappa shape index (κ2) is 10.3. The zero-order valence-corrected chi connectivity index (χ0v) is 13.3. The monoisotopic (exact) mass is 358 g/mol. The summed E-state index contributed by atoms with van der Waals surface area (Å²) in [7, 11) is -5.82. The highest BCUT2D eigenvalue weighted by molar-refractivity contribution is 7.87. The minimum Gasteiger partial charge on any atom is -0.463 e. The fourth-order valence-electron chi connectivity index (χ4n) is 1.50. The fourth-order valence-corrected chi connectivity index (χ4v) is 1.77. The van der Waals surface area contributed by atoms with Crippen LogP contribution in [0.5, 0.6) is 0 Å². The van der Waals surface area contributed by atoms with Crippen molar-refractivity contribution in [3.63, 3.8) is 0 Å². The third kappa shape index (κ3) is 8.60. The number of unbranched alkanes of at least 4 members (excludes halogenated alkanes) is 5. The van der Waals surface area contributed by atoms with Crippen LogP contribution in [0.2, 0.25) is 0 Å². The first-order chi connectivity index (χ1) is 10.6. The van der Waals surface area contributed by atoms with E-state index in [4.69, 9.17) is 9.29 Å². The minimum atomic E-state index is -5.82. The molecule has 23 heavy (non-hydrogen) atoms. The number of ether oxygens (including phenoxy) is 2. The van der Waals surface area contributed by atoms with Crippen LogP contribution in [0.4, 0.5) is 8.78 Å². The number of halogens is 2. The molecule has 134 valence electrons. The maximum Gasteiger partial charge on any atom is 0.465 e. The van der Waals surface area contributed by atoms with E-state index < -0.39 is 27.3 Å². The number of carbonyl (C=O) groups is 2. The third-order valence-electron chi connectivity index (χ3n) is 2.74. The second-order valence-electron chi connectivity index (χ2n) is 4.62. The molecule has 0 aromatic rings. The predicted molar refractivity (Wildman–Crippen MR) is 76.3 cm³/mol. The molecule has 0 unspecified atom stereocenters. The summed E-state index contributed by atoms with van der Waals surface area (Å²) in [6.45, 7) is 3.19. The van der Waals surface area contributed by atoms with Gasteiger partial charge in [0.2, 0.25) is 0 Å². The molecule has 0 saturated heterocycles. The molecule has 7 nitrogen and oxygen atoms in total. The molecule has 0 aliphatic rings. The zero-order valence-electron chi connectivity index (χ0n) is 12.5. The number of alkyl halides is 2. The van der Waals surface area contributed by atoms with Crippen molar-refractivity contribution in [3.8, 4) is 0 Å². The molecule has 0 rings (SSSR count). The average molecular weight is 358 g/mol. The van der Waals surface area contributed by atoms with Gasteiger partial charge in [-0.3, -0.25) is 4.55 Å². The maximum absolute atomic E-state index is 12.8. The standard InChI is InChI=1S/C13H20F2O7S/c1-2-11(16)21-9-7-5-3-4-6-8-10-22-12(17)13(14,15)23(18,19)20/h2H,1,3-10H2,(H,18,19,20). The molecule has 10 heteroatoms. The van der Waals surface area contributed by atoms with Gasteiger partial charge < -0.3 is 9.47 Å². The lowest BCUT2D eigenvalue weighted by atomic mass is 10.1. The number of carbonyl (C=O) groups excluding carboxylic acids is 2. The smallest absolute Gasteiger partial charge is 0.463 e. The molecule has 0 aliphatic heterocycles. The topological polar surface area (TPSA) is 107 Å². The Kier molecular flexibility index (Phi) is 9.58. The minimum absolute atomic E-state index is 0.290. The Hall–Kier alpha value is -1.55. The van der Waals surface area contributed by atoms with Gasteiger partial charge in [0.05, 0.1) is 13.2 Å². The lowest BCUT2D eigenvalue weighted by molar-refractivity contribution is -0.161. The summed E-state index contributed by atoms with van der Waals surface area (Å²) in [6.07, 6.45) is 5.03. The second-order valence-corrected chi connectivity index (χ2v) is 6.08. The highest BCUT2D eigenvalue weighted by Gasteiger charge is 2.54. The van der Waals surface area contributed by atoms with E-state index in [9.17, 15) is 26.8 Å². The molecule has 0 heterocycles. The van der Waals surface area contributed by atoms with Gasteiger partial charge in [-0.25, -0.2) is 9.59 Å². The highest BCUT2D eigenvalue weighted by Crippen LogP contribution is 2.22. The molecule has 0 spiro atoms. The molecular formula is C13H20F2O7S. The molecule has 0 fully saturated rings. The predicted octanol–water partition coefficient (Wildman–Crippen LogP) is 2.08. The Balaban J connectivity index is 3.62. The van der Waals surface area contributed by atoms with E-state index in [1.54, 1.807) is 0 Å². The number of hydrogen-bond acceptors (Lipinski definition) is 6. The molecule has 0 atom stereocenters. The molecule has 0 saturated carbocycles. The van der Waals surface area contributed by atoms with Crippen molar-refractivity contribution >= 4 is 22.1 Å². The summed E-state index contributed by atoms with van der Waals surface area (Å²) in [5.41, 5.74) is 0. The van der Waals surface area contributed by atoms with E-state index in [-0.39, 0.29) is 6.61 Å². The van der Waals surface area contributed by atoms with Crippen LogP contribution < -0.4 is 0 Å². The normalized spacial score (nSPS) is 11.8. The Morgan fingerprint density at radius 3 is 1.87 bits per heavy atom. The van der Waals surface area contributed by atoms with Crippen LogP contribution in [-0.4, -0.2) is 43.4 Å². The van der Waals surface area contributed by atoms with Crippen molar-refractivity contribution in [3.05, 3.63) is 12.7 Å². The Labute approximate surface area is 133 Å². The Bertz CT molecular complexity index is 502. The van der Waals surface area contributed by atoms with Gasteiger partial charge in [-0.1, -0.05) is 32.3 Å². The van der Waals surface area contributed by atoms with Gasteiger partial charge in [0.25, 0.3) is 0 Å². The first kappa shape index (κ1) is 21.4. The van der Waals surface area contributed by atoms with Crippen molar-refractivity contribution in [1.29, 1.82) is 0 Å². The third-order valence-corrected chi connectivity index (χ3v) is 3.56. The van der Waals surface area contributed by atoms with Crippen molar-refractivity contribution in [2.24, 2.45) is 0 Å². The first-order valence-electron chi connectivity index (χ1n) is 6.94. The van der Waals surface area contributed by atoms with Crippen molar-refractivity contribution < 1.29 is 40.8 Å². The molecule has 0 radical (unpaired) electrons. The molecule has 0 aromatic heterocycles. The first-order valence-corrected chi connectivity index (χ1v) is 8.38. The van der Waals surface area contributed by atoms with Crippen LogP contribution in [0.15, 0.2) is 12.7 Å². The van der Waals surface area contributed by atoms with Gasteiger partial charge in [0.15, 0.2) is 0 Å². The molecule has 0 aromatic carbocycles. The van der Waals surface area contributed by atoms with E-state index in [1.807, 2.05) is 0 Å². The van der Waals surface area contributed by atoms with Crippen LogP contribution in [0, 0.1) is 0 Å². The molecule has 0 amide bonds. The largest absolute Gasteiger partial charge is 0.465 e. The maximum atomic E-state index is 12.8. The molecule has 0 bridgehead atoms. The summed E-state index contributed by atoms with van der Waals surface area (Å²) in [5, 5.41) is -4.95. The fraction of sp³-hybridized carbons (Fsp3) is 0.692. The van der Waals surface area contributed by atoms with Gasteiger partial charge >= 0.3 is 27.3 Å².